The number of rotatable bonds is 2. The lowest BCUT2D eigenvalue weighted by molar-refractivity contribution is 0.584. The highest BCUT2D eigenvalue weighted by Gasteiger charge is 2.17. The number of hydrogen-bond acceptors (Lipinski definition) is 3. The van der Waals surface area contributed by atoms with Crippen molar-refractivity contribution in [1.29, 1.82) is 0 Å². The van der Waals surface area contributed by atoms with Gasteiger partial charge in [0.1, 0.15) is 5.82 Å². The highest BCUT2D eigenvalue weighted by Crippen LogP contribution is 2.20. The zero-order valence-electron chi connectivity index (χ0n) is 10.3. The van der Waals surface area contributed by atoms with Crippen molar-refractivity contribution < 1.29 is 4.39 Å². The predicted molar refractivity (Wildman–Crippen MR) is 70.9 cm³/mol. The van der Waals surface area contributed by atoms with E-state index in [1.165, 1.54) is 18.2 Å². The van der Waals surface area contributed by atoms with Crippen molar-refractivity contribution in [3.63, 3.8) is 0 Å². The average Bonchev–Trinajstić information content (AvgIpc) is 2.22. The molecule has 5 heteroatoms. The third kappa shape index (κ3) is 3.55. The first-order valence-electron chi connectivity index (χ1n) is 5.20. The summed E-state index contributed by atoms with van der Waals surface area (Å²) in [7, 11) is 0. The molecule has 0 amide bonds. The Morgan fingerprint density at radius 2 is 2.06 bits per heavy atom. The van der Waals surface area contributed by atoms with Crippen LogP contribution in [0, 0.1) is 11.2 Å². The summed E-state index contributed by atoms with van der Waals surface area (Å²) in [4.78, 5) is 3.81. The van der Waals surface area contributed by atoms with E-state index >= 15 is 0 Å². The van der Waals surface area contributed by atoms with Gasteiger partial charge >= 0.3 is 0 Å². The number of anilines is 2. The first kappa shape index (κ1) is 13.2. The number of nitrogens with two attached hydrogens (primary N) is 1. The van der Waals surface area contributed by atoms with Crippen molar-refractivity contribution in [2.75, 3.05) is 11.2 Å². The van der Waals surface area contributed by atoms with E-state index in [9.17, 15) is 4.39 Å². The Hall–Kier alpha value is -1.91. The molecule has 0 unspecified atom stereocenters. The van der Waals surface area contributed by atoms with Crippen LogP contribution in [0.5, 0.6) is 0 Å². The summed E-state index contributed by atoms with van der Waals surface area (Å²) in [5.41, 5.74) is 8.60. The van der Waals surface area contributed by atoms with Crippen LogP contribution >= 0.6 is 0 Å². The van der Waals surface area contributed by atoms with Gasteiger partial charge in [0.25, 0.3) is 0 Å². The lowest BCUT2D eigenvalue weighted by Crippen LogP contribution is -2.19. The Balaban J connectivity index is 2.95. The molecule has 0 aliphatic heterocycles. The van der Waals surface area contributed by atoms with E-state index in [1.807, 2.05) is 20.8 Å². The van der Waals surface area contributed by atoms with Gasteiger partial charge in [0.2, 0.25) is 0 Å². The molecule has 4 nitrogen and oxygen atoms in total. The molecule has 0 atom stereocenters. The molecule has 92 valence electrons. The summed E-state index contributed by atoms with van der Waals surface area (Å²) in [6, 6.07) is 4.24. The summed E-state index contributed by atoms with van der Waals surface area (Å²) in [5.74, 6) is 0.0830. The van der Waals surface area contributed by atoms with Crippen molar-refractivity contribution in [3.8, 4) is 0 Å². The average molecular weight is 236 g/mol. The SMILES string of the molecule is C=N/C(=N/Nc1cc(N)ccc1F)C(C)(C)C. The molecule has 0 fully saturated rings. The first-order chi connectivity index (χ1) is 7.84. The number of nitrogens with zero attached hydrogens (tertiary/aromatic N) is 2. The predicted octanol–water partition coefficient (Wildman–Crippen LogP) is 2.88. The summed E-state index contributed by atoms with van der Waals surface area (Å²) in [6.45, 7) is 9.27. The molecule has 0 aliphatic rings. The van der Waals surface area contributed by atoms with Gasteiger partial charge in [-0.05, 0) is 24.9 Å². The molecule has 1 aromatic rings. The normalized spacial score (nSPS) is 12.4. The molecule has 0 saturated heterocycles. The van der Waals surface area contributed by atoms with E-state index in [0.717, 1.165) is 0 Å². The van der Waals surface area contributed by atoms with Crippen molar-refractivity contribution in [2.45, 2.75) is 20.8 Å². The second kappa shape index (κ2) is 4.95. The zero-order chi connectivity index (χ0) is 13.1. The summed E-state index contributed by atoms with van der Waals surface area (Å²) >= 11 is 0. The van der Waals surface area contributed by atoms with Crippen molar-refractivity contribution in [1.82, 2.24) is 0 Å². The van der Waals surface area contributed by atoms with E-state index in [4.69, 9.17) is 5.73 Å². The Kier molecular flexibility index (Phi) is 3.83. The first-order valence-corrected chi connectivity index (χ1v) is 5.20. The van der Waals surface area contributed by atoms with Crippen LogP contribution in [0.15, 0.2) is 28.3 Å². The molecule has 1 aromatic carbocycles. The van der Waals surface area contributed by atoms with E-state index in [2.05, 4.69) is 22.2 Å². The number of aliphatic imine (C=N–C) groups is 1. The molecule has 3 N–H and O–H groups in total. The van der Waals surface area contributed by atoms with Gasteiger partial charge in [0.05, 0.1) is 5.69 Å². The van der Waals surface area contributed by atoms with Crippen molar-refractivity contribution >= 4 is 23.9 Å². The summed E-state index contributed by atoms with van der Waals surface area (Å²) in [6.07, 6.45) is 0. The maximum absolute atomic E-state index is 13.4. The molecule has 0 aliphatic carbocycles. The second-order valence-electron chi connectivity index (χ2n) is 4.69. The maximum atomic E-state index is 13.4. The third-order valence-electron chi connectivity index (χ3n) is 2.09. The molecule has 0 spiro atoms. The lowest BCUT2D eigenvalue weighted by Gasteiger charge is -2.17. The largest absolute Gasteiger partial charge is 0.399 e. The number of hydrogen-bond donors (Lipinski definition) is 2. The lowest BCUT2D eigenvalue weighted by atomic mass is 9.95. The number of amidine groups is 1. The minimum absolute atomic E-state index is 0.218. The third-order valence-corrected chi connectivity index (χ3v) is 2.09. The van der Waals surface area contributed by atoms with Crippen LogP contribution < -0.4 is 11.2 Å². The van der Waals surface area contributed by atoms with Crippen LogP contribution in [0.25, 0.3) is 0 Å². The quantitative estimate of drug-likeness (QED) is 0.359. The molecule has 0 heterocycles. The smallest absolute Gasteiger partial charge is 0.153 e. The molecule has 1 rings (SSSR count). The highest BCUT2D eigenvalue weighted by atomic mass is 19.1. The van der Waals surface area contributed by atoms with Gasteiger partial charge < -0.3 is 5.73 Å². The number of nitrogens with one attached hydrogen (secondary N) is 1. The molecule has 0 aromatic heterocycles. The van der Waals surface area contributed by atoms with Crippen LogP contribution in [0.2, 0.25) is 0 Å². The van der Waals surface area contributed by atoms with E-state index in [1.54, 1.807) is 0 Å². The highest BCUT2D eigenvalue weighted by molar-refractivity contribution is 5.91. The maximum Gasteiger partial charge on any atom is 0.153 e. The number of hydrazone groups is 1. The fraction of sp³-hybridized carbons (Fsp3) is 0.333. The molecule has 0 bridgehead atoms. The van der Waals surface area contributed by atoms with Gasteiger partial charge in [-0.15, -0.1) is 0 Å². The minimum Gasteiger partial charge on any atom is -0.399 e. The Morgan fingerprint density at radius 1 is 1.41 bits per heavy atom. The Morgan fingerprint density at radius 3 is 2.59 bits per heavy atom. The van der Waals surface area contributed by atoms with Crippen LogP contribution in [0.3, 0.4) is 0 Å². The van der Waals surface area contributed by atoms with Gasteiger partial charge in [0, 0.05) is 11.1 Å². The molecular formula is C12H17FN4. The van der Waals surface area contributed by atoms with Crippen LogP contribution in [0.4, 0.5) is 15.8 Å². The monoisotopic (exact) mass is 236 g/mol. The molecule has 0 saturated carbocycles. The van der Waals surface area contributed by atoms with Gasteiger partial charge in [-0.1, -0.05) is 20.8 Å². The van der Waals surface area contributed by atoms with Crippen molar-refractivity contribution in [3.05, 3.63) is 24.0 Å². The fourth-order valence-corrected chi connectivity index (χ4v) is 1.18. The summed E-state index contributed by atoms with van der Waals surface area (Å²) < 4.78 is 13.4. The number of benzene rings is 1. The van der Waals surface area contributed by atoms with Crippen LogP contribution in [-0.4, -0.2) is 12.6 Å². The molecule has 17 heavy (non-hydrogen) atoms. The van der Waals surface area contributed by atoms with Gasteiger partial charge in [-0.25, -0.2) is 9.38 Å². The van der Waals surface area contributed by atoms with Crippen LogP contribution in [-0.2, 0) is 0 Å². The Bertz CT molecular complexity index is 446. The number of halogens is 1. The van der Waals surface area contributed by atoms with Gasteiger partial charge in [0.15, 0.2) is 5.84 Å². The fourth-order valence-electron chi connectivity index (χ4n) is 1.18. The minimum atomic E-state index is -0.416. The topological polar surface area (TPSA) is 62.8 Å². The van der Waals surface area contributed by atoms with Gasteiger partial charge in [-0.3, -0.25) is 5.43 Å². The van der Waals surface area contributed by atoms with Crippen LogP contribution in [0.1, 0.15) is 20.8 Å². The zero-order valence-corrected chi connectivity index (χ0v) is 10.3. The van der Waals surface area contributed by atoms with Gasteiger partial charge in [-0.2, -0.15) is 5.10 Å². The summed E-state index contributed by atoms with van der Waals surface area (Å²) in [5, 5.41) is 4.03. The second-order valence-corrected chi connectivity index (χ2v) is 4.69. The molecular weight excluding hydrogens is 219 g/mol. The van der Waals surface area contributed by atoms with E-state index in [-0.39, 0.29) is 11.1 Å². The van der Waals surface area contributed by atoms with E-state index in [0.29, 0.717) is 11.5 Å². The Labute approximate surface area is 100 Å². The number of nitrogen functional groups attached to an aromatic ring is 1. The molecule has 0 radical (unpaired) electrons. The van der Waals surface area contributed by atoms with E-state index < -0.39 is 5.82 Å². The van der Waals surface area contributed by atoms with Crippen molar-refractivity contribution in [2.24, 2.45) is 15.5 Å². The standard InChI is InChI=1S/C12H17FN4/c1-12(2,3)11(15-4)17-16-10-7-8(14)5-6-9(10)13/h5-7,16H,4,14H2,1-3H3/b17-11+.